The molecule has 0 radical (unpaired) electrons. The lowest BCUT2D eigenvalue weighted by atomic mass is 9.99. The molecule has 0 fully saturated rings. The van der Waals surface area contributed by atoms with Crippen molar-refractivity contribution in [1.82, 2.24) is 0 Å². The molecule has 5 atom stereocenters. The molecule has 3 unspecified atom stereocenters. The van der Waals surface area contributed by atoms with E-state index in [-0.39, 0.29) is 25.6 Å². The van der Waals surface area contributed by atoms with E-state index in [1.54, 1.807) is 0 Å². The summed E-state index contributed by atoms with van der Waals surface area (Å²) in [6.45, 7) is 4.52. The van der Waals surface area contributed by atoms with Crippen LogP contribution in [0.15, 0.2) is 48.6 Å². The Balaban J connectivity index is 4.26. The van der Waals surface area contributed by atoms with Crippen molar-refractivity contribution in [3.8, 4) is 0 Å². The van der Waals surface area contributed by atoms with Crippen LogP contribution in [0.4, 0.5) is 0 Å². The molecule has 0 aliphatic carbocycles. The minimum atomic E-state index is -4.65. The highest BCUT2D eigenvalue weighted by Gasteiger charge is 2.27. The molecule has 0 bridgehead atoms. The molecule has 0 aromatic carbocycles. The van der Waals surface area contributed by atoms with E-state index in [2.05, 4.69) is 51.2 Å². The molecule has 0 saturated heterocycles. The van der Waals surface area contributed by atoms with Crippen molar-refractivity contribution in [3.05, 3.63) is 48.6 Å². The molecule has 12 heteroatoms. The lowest BCUT2D eigenvalue weighted by Gasteiger charge is -2.20. The van der Waals surface area contributed by atoms with Crippen LogP contribution in [-0.4, -0.2) is 76.9 Å². The van der Waals surface area contributed by atoms with Crippen LogP contribution in [0.25, 0.3) is 0 Å². The van der Waals surface area contributed by atoms with E-state index in [1.807, 2.05) is 18.2 Å². The summed E-state index contributed by atoms with van der Waals surface area (Å²) in [7, 11) is -4.65. The molecule has 63 heavy (non-hydrogen) atoms. The SMILES string of the molecule is CCCC(O)C/C=C\C/C=C\C/C=C\C/C=C\CCCC(=O)O[C@H](COC(=O)CCCCCCCCCCCCCCCCCCCCC(C)CC)COP(=O)(O)OC[C@@H](O)CO. The van der Waals surface area contributed by atoms with Crippen molar-refractivity contribution in [3.63, 3.8) is 0 Å². The lowest BCUT2D eigenvalue weighted by Crippen LogP contribution is -2.29. The van der Waals surface area contributed by atoms with Gasteiger partial charge in [0.05, 0.1) is 25.9 Å². The Morgan fingerprint density at radius 2 is 1.02 bits per heavy atom. The number of hydrogen-bond acceptors (Lipinski definition) is 10. The van der Waals surface area contributed by atoms with Crippen molar-refractivity contribution < 1.29 is 52.9 Å². The summed E-state index contributed by atoms with van der Waals surface area (Å²) in [6, 6.07) is 0. The molecule has 0 aromatic rings. The third kappa shape index (κ3) is 44.9. The van der Waals surface area contributed by atoms with Crippen molar-refractivity contribution in [1.29, 1.82) is 0 Å². The van der Waals surface area contributed by atoms with Crippen LogP contribution in [0.5, 0.6) is 0 Å². The molecular weight excluding hydrogens is 820 g/mol. The lowest BCUT2D eigenvalue weighted by molar-refractivity contribution is -0.161. The van der Waals surface area contributed by atoms with Gasteiger partial charge < -0.3 is 29.7 Å². The molecule has 0 aliphatic heterocycles. The predicted octanol–water partition coefficient (Wildman–Crippen LogP) is 12.9. The van der Waals surface area contributed by atoms with Gasteiger partial charge in [0.1, 0.15) is 12.7 Å². The van der Waals surface area contributed by atoms with Gasteiger partial charge in [-0.3, -0.25) is 18.6 Å². The molecule has 0 saturated carbocycles. The number of carbonyl (C=O) groups excluding carboxylic acids is 2. The summed E-state index contributed by atoms with van der Waals surface area (Å²) in [6.07, 6.45) is 45.7. The quantitative estimate of drug-likeness (QED) is 0.0198. The number of allylic oxidation sites excluding steroid dienone is 7. The Morgan fingerprint density at radius 1 is 0.556 bits per heavy atom. The fraction of sp³-hybridized carbons (Fsp3) is 0.804. The summed E-state index contributed by atoms with van der Waals surface area (Å²) < 4.78 is 32.8. The van der Waals surface area contributed by atoms with Crippen LogP contribution in [0.3, 0.4) is 0 Å². The van der Waals surface area contributed by atoms with E-state index in [0.717, 1.165) is 57.3 Å². The number of hydrogen-bond donors (Lipinski definition) is 4. The van der Waals surface area contributed by atoms with Gasteiger partial charge in [-0.05, 0) is 57.3 Å². The average Bonchev–Trinajstić information content (AvgIpc) is 3.26. The van der Waals surface area contributed by atoms with E-state index < -0.39 is 51.8 Å². The first kappa shape index (κ1) is 60.9. The number of phosphoric ester groups is 1. The fourth-order valence-corrected chi connectivity index (χ4v) is 7.65. The molecule has 368 valence electrons. The second kappa shape index (κ2) is 45.1. The highest BCUT2D eigenvalue weighted by Crippen LogP contribution is 2.43. The summed E-state index contributed by atoms with van der Waals surface area (Å²) in [5.74, 6) is -0.115. The Labute approximate surface area is 384 Å². The van der Waals surface area contributed by atoms with Crippen LogP contribution in [0, 0.1) is 5.92 Å². The number of ether oxygens (including phenoxy) is 2. The van der Waals surface area contributed by atoms with E-state index in [0.29, 0.717) is 25.7 Å². The van der Waals surface area contributed by atoms with Crippen molar-refractivity contribution in [2.24, 2.45) is 5.92 Å². The van der Waals surface area contributed by atoms with Gasteiger partial charge in [-0.15, -0.1) is 0 Å². The molecular formula is C51H93O11P. The Bertz CT molecular complexity index is 1220. The maximum Gasteiger partial charge on any atom is 0.472 e. The Kier molecular flexibility index (Phi) is 43.6. The van der Waals surface area contributed by atoms with Crippen LogP contribution < -0.4 is 0 Å². The summed E-state index contributed by atoms with van der Waals surface area (Å²) in [4.78, 5) is 35.1. The summed E-state index contributed by atoms with van der Waals surface area (Å²) in [5.41, 5.74) is 0. The molecule has 0 amide bonds. The van der Waals surface area contributed by atoms with E-state index in [9.17, 15) is 29.3 Å². The first-order chi connectivity index (χ1) is 30.5. The smallest absolute Gasteiger partial charge is 0.462 e. The highest BCUT2D eigenvalue weighted by atomic mass is 31.2. The van der Waals surface area contributed by atoms with Gasteiger partial charge in [0.15, 0.2) is 6.10 Å². The zero-order chi connectivity index (χ0) is 46.5. The molecule has 11 nitrogen and oxygen atoms in total. The van der Waals surface area contributed by atoms with Crippen molar-refractivity contribution in [2.45, 2.75) is 232 Å². The topological polar surface area (TPSA) is 169 Å². The monoisotopic (exact) mass is 913 g/mol. The minimum absolute atomic E-state index is 0.0937. The zero-order valence-corrected chi connectivity index (χ0v) is 41.0. The standard InChI is InChI=1S/C51H93O11P/c1-4-37-47(53)39-34-30-26-22-18-14-12-16-20-24-28-32-36-41-51(56)62-49(45-61-63(57,58)60-43-48(54)42-52)44-59-50(55)40-35-31-27-23-19-15-11-9-7-6-8-10-13-17-21-25-29-33-38-46(3)5-2/h12,16,18,22,24,28,30,34,46-49,52-54H,4-11,13-15,17,19-21,23,25-27,29,31-33,35-45H2,1-3H3,(H,57,58)/b16-12-,22-18-,28-24-,34-30-/t46?,47?,48-,49+/m0/s1. The molecule has 0 aliphatic rings. The van der Waals surface area contributed by atoms with Gasteiger partial charge >= 0.3 is 19.8 Å². The first-order valence-corrected chi connectivity index (χ1v) is 26.6. The second-order valence-electron chi connectivity index (χ2n) is 17.3. The largest absolute Gasteiger partial charge is 0.472 e. The first-order valence-electron chi connectivity index (χ1n) is 25.1. The molecule has 0 rings (SSSR count). The number of rotatable bonds is 46. The van der Waals surface area contributed by atoms with Gasteiger partial charge in [-0.2, -0.15) is 0 Å². The van der Waals surface area contributed by atoms with E-state index in [1.165, 1.54) is 103 Å². The Hall–Kier alpha value is -2.11. The third-order valence-electron chi connectivity index (χ3n) is 11.1. The van der Waals surface area contributed by atoms with Gasteiger partial charge in [0.25, 0.3) is 0 Å². The maximum absolute atomic E-state index is 12.6. The molecule has 4 N–H and O–H groups in total. The number of unbranched alkanes of at least 4 members (excludes halogenated alkanes) is 18. The Morgan fingerprint density at radius 3 is 1.52 bits per heavy atom. The van der Waals surface area contributed by atoms with E-state index in [4.69, 9.17) is 23.6 Å². The van der Waals surface area contributed by atoms with Gasteiger partial charge in [-0.25, -0.2) is 4.57 Å². The average molecular weight is 913 g/mol. The number of carbonyl (C=O) groups is 2. The molecule has 0 heterocycles. The van der Waals surface area contributed by atoms with Crippen molar-refractivity contribution >= 4 is 19.8 Å². The minimum Gasteiger partial charge on any atom is -0.462 e. The normalized spacial score (nSPS) is 15.1. The van der Waals surface area contributed by atoms with Crippen molar-refractivity contribution in [2.75, 3.05) is 26.4 Å². The van der Waals surface area contributed by atoms with E-state index >= 15 is 0 Å². The van der Waals surface area contributed by atoms with Gasteiger partial charge in [0, 0.05) is 12.8 Å². The third-order valence-corrected chi connectivity index (χ3v) is 12.0. The van der Waals surface area contributed by atoms with Gasteiger partial charge in [0.2, 0.25) is 0 Å². The highest BCUT2D eigenvalue weighted by molar-refractivity contribution is 7.47. The van der Waals surface area contributed by atoms with Crippen LogP contribution in [-0.2, 0) is 32.7 Å². The number of aliphatic hydroxyl groups is 3. The van der Waals surface area contributed by atoms with Gasteiger partial charge in [-0.1, -0.05) is 198 Å². The predicted molar refractivity (Wildman–Crippen MR) is 257 cm³/mol. The number of aliphatic hydroxyl groups excluding tert-OH is 3. The summed E-state index contributed by atoms with van der Waals surface area (Å²) in [5, 5.41) is 28.1. The summed E-state index contributed by atoms with van der Waals surface area (Å²) >= 11 is 0. The number of phosphoric acid groups is 1. The van der Waals surface area contributed by atoms with Crippen LogP contribution in [0.2, 0.25) is 0 Å². The van der Waals surface area contributed by atoms with Crippen LogP contribution in [0.1, 0.15) is 213 Å². The number of esters is 2. The fourth-order valence-electron chi connectivity index (χ4n) is 6.86. The second-order valence-corrected chi connectivity index (χ2v) is 18.7. The zero-order valence-electron chi connectivity index (χ0n) is 40.1. The molecule has 0 aromatic heterocycles. The molecule has 0 spiro atoms. The van der Waals surface area contributed by atoms with Crippen LogP contribution >= 0.6 is 7.82 Å². The maximum atomic E-state index is 12.6.